The third kappa shape index (κ3) is 3.35. The summed E-state index contributed by atoms with van der Waals surface area (Å²) in [6.45, 7) is 4.17. The summed E-state index contributed by atoms with van der Waals surface area (Å²) in [5, 5.41) is 4.57. The number of likely N-dealkylation sites (tertiary alicyclic amines) is 1. The first-order valence-corrected chi connectivity index (χ1v) is 8.17. The number of hydrogen-bond acceptors (Lipinski definition) is 5. The van der Waals surface area contributed by atoms with Crippen molar-refractivity contribution in [2.75, 3.05) is 32.8 Å². The standard InChI is InChI=1S/C15H22N4O5/c1-10(20)18-4-2-15(3-5-18)9-19(6-7-24-15)12(21)8-11-13(22)17-14(23)16-11/h11H,2-9H2,1H3,(H2,16,17,22,23). The average molecular weight is 338 g/mol. The first-order chi connectivity index (χ1) is 11.4. The van der Waals surface area contributed by atoms with Crippen molar-refractivity contribution in [3.63, 3.8) is 0 Å². The van der Waals surface area contributed by atoms with Gasteiger partial charge in [-0.25, -0.2) is 4.79 Å². The molecule has 2 N–H and O–H groups in total. The number of nitrogens with one attached hydrogen (secondary N) is 2. The summed E-state index contributed by atoms with van der Waals surface area (Å²) in [6, 6.07) is -1.36. The molecular weight excluding hydrogens is 316 g/mol. The molecule has 0 saturated carbocycles. The lowest BCUT2D eigenvalue weighted by atomic mass is 9.89. The predicted octanol–water partition coefficient (Wildman–Crippen LogP) is -1.18. The molecule has 0 aromatic rings. The highest BCUT2D eigenvalue weighted by Crippen LogP contribution is 2.30. The van der Waals surface area contributed by atoms with Crippen molar-refractivity contribution in [2.24, 2.45) is 0 Å². The van der Waals surface area contributed by atoms with Gasteiger partial charge in [-0.05, 0) is 12.8 Å². The summed E-state index contributed by atoms with van der Waals surface area (Å²) < 4.78 is 5.94. The quantitative estimate of drug-likeness (QED) is 0.617. The van der Waals surface area contributed by atoms with Crippen molar-refractivity contribution in [3.05, 3.63) is 0 Å². The zero-order valence-corrected chi connectivity index (χ0v) is 13.7. The van der Waals surface area contributed by atoms with Gasteiger partial charge in [0, 0.05) is 33.1 Å². The second-order valence-electron chi connectivity index (χ2n) is 6.57. The van der Waals surface area contributed by atoms with Gasteiger partial charge in [0.05, 0.1) is 18.6 Å². The van der Waals surface area contributed by atoms with Crippen molar-refractivity contribution in [1.82, 2.24) is 20.4 Å². The molecule has 132 valence electrons. The molecule has 3 saturated heterocycles. The van der Waals surface area contributed by atoms with Crippen LogP contribution in [0.4, 0.5) is 4.79 Å². The molecule has 1 atom stereocenters. The van der Waals surface area contributed by atoms with Crippen molar-refractivity contribution in [3.8, 4) is 0 Å². The highest BCUT2D eigenvalue weighted by molar-refractivity contribution is 6.05. The fraction of sp³-hybridized carbons (Fsp3) is 0.733. The Hall–Kier alpha value is -2.16. The lowest BCUT2D eigenvalue weighted by Crippen LogP contribution is -2.58. The van der Waals surface area contributed by atoms with Gasteiger partial charge in [-0.3, -0.25) is 19.7 Å². The smallest absolute Gasteiger partial charge is 0.322 e. The topological polar surface area (TPSA) is 108 Å². The Labute approximate surface area is 139 Å². The molecule has 0 aromatic carbocycles. The van der Waals surface area contributed by atoms with Gasteiger partial charge in [0.2, 0.25) is 11.8 Å². The van der Waals surface area contributed by atoms with E-state index in [-0.39, 0.29) is 18.2 Å². The van der Waals surface area contributed by atoms with Gasteiger partial charge in [-0.2, -0.15) is 0 Å². The van der Waals surface area contributed by atoms with Crippen LogP contribution >= 0.6 is 0 Å². The van der Waals surface area contributed by atoms with E-state index in [9.17, 15) is 19.2 Å². The Bertz CT molecular complexity index is 570. The van der Waals surface area contributed by atoms with Crippen LogP contribution in [0, 0.1) is 0 Å². The number of rotatable bonds is 2. The third-order valence-electron chi connectivity index (χ3n) is 4.96. The van der Waals surface area contributed by atoms with Gasteiger partial charge in [0.1, 0.15) is 6.04 Å². The maximum Gasteiger partial charge on any atom is 0.322 e. The molecule has 1 unspecified atom stereocenters. The number of carbonyl (C=O) groups is 4. The van der Waals surface area contributed by atoms with Crippen LogP contribution in [0.1, 0.15) is 26.2 Å². The number of piperidine rings is 1. The van der Waals surface area contributed by atoms with Crippen molar-refractivity contribution in [2.45, 2.75) is 37.8 Å². The van der Waals surface area contributed by atoms with Gasteiger partial charge >= 0.3 is 6.03 Å². The largest absolute Gasteiger partial charge is 0.371 e. The maximum atomic E-state index is 12.5. The number of ether oxygens (including phenoxy) is 1. The number of morpholine rings is 1. The summed E-state index contributed by atoms with van der Waals surface area (Å²) in [7, 11) is 0. The second kappa shape index (κ2) is 6.39. The van der Waals surface area contributed by atoms with Crippen LogP contribution < -0.4 is 10.6 Å². The van der Waals surface area contributed by atoms with Crippen LogP contribution in [0.3, 0.4) is 0 Å². The van der Waals surface area contributed by atoms with Crippen molar-refractivity contribution < 1.29 is 23.9 Å². The van der Waals surface area contributed by atoms with Crippen LogP contribution in [0.2, 0.25) is 0 Å². The molecule has 0 aliphatic carbocycles. The van der Waals surface area contributed by atoms with E-state index in [2.05, 4.69) is 10.6 Å². The molecule has 3 fully saturated rings. The SMILES string of the molecule is CC(=O)N1CCC2(CC1)CN(C(=O)CC1NC(=O)NC1=O)CCO2. The number of imide groups is 1. The molecule has 3 heterocycles. The first-order valence-electron chi connectivity index (χ1n) is 8.17. The molecule has 24 heavy (non-hydrogen) atoms. The van der Waals surface area contributed by atoms with E-state index >= 15 is 0 Å². The number of urea groups is 1. The zero-order valence-electron chi connectivity index (χ0n) is 13.7. The van der Waals surface area contributed by atoms with E-state index in [4.69, 9.17) is 4.74 Å². The molecule has 3 aliphatic heterocycles. The van der Waals surface area contributed by atoms with Crippen molar-refractivity contribution in [1.29, 1.82) is 0 Å². The van der Waals surface area contributed by atoms with E-state index in [1.54, 1.807) is 16.7 Å². The molecule has 0 aromatic heterocycles. The third-order valence-corrected chi connectivity index (χ3v) is 4.96. The summed E-state index contributed by atoms with van der Waals surface area (Å²) in [5.74, 6) is -0.586. The van der Waals surface area contributed by atoms with Crippen LogP contribution in [-0.4, -0.2) is 78.0 Å². The minimum Gasteiger partial charge on any atom is -0.371 e. The highest BCUT2D eigenvalue weighted by Gasteiger charge is 2.42. The van der Waals surface area contributed by atoms with Gasteiger partial charge in [-0.1, -0.05) is 0 Å². The zero-order chi connectivity index (χ0) is 17.3. The Morgan fingerprint density at radius 1 is 1.21 bits per heavy atom. The summed E-state index contributed by atoms with van der Waals surface area (Å²) in [6.07, 6.45) is 1.33. The van der Waals surface area contributed by atoms with Gasteiger partial charge in [0.25, 0.3) is 5.91 Å². The second-order valence-corrected chi connectivity index (χ2v) is 6.57. The van der Waals surface area contributed by atoms with E-state index in [0.29, 0.717) is 45.6 Å². The molecule has 3 aliphatic rings. The molecule has 9 heteroatoms. The lowest BCUT2D eigenvalue weighted by Gasteiger charge is -2.47. The fourth-order valence-electron chi connectivity index (χ4n) is 3.50. The Kier molecular flexibility index (Phi) is 4.44. The number of amides is 5. The van der Waals surface area contributed by atoms with Gasteiger partial charge < -0.3 is 19.9 Å². The predicted molar refractivity (Wildman–Crippen MR) is 81.8 cm³/mol. The Morgan fingerprint density at radius 2 is 1.92 bits per heavy atom. The molecule has 9 nitrogen and oxygen atoms in total. The van der Waals surface area contributed by atoms with Crippen molar-refractivity contribution >= 4 is 23.8 Å². The fourth-order valence-corrected chi connectivity index (χ4v) is 3.50. The summed E-state index contributed by atoms with van der Waals surface area (Å²) in [4.78, 5) is 50.1. The van der Waals surface area contributed by atoms with E-state index < -0.39 is 23.6 Å². The minimum atomic E-state index is -0.802. The van der Waals surface area contributed by atoms with E-state index in [1.165, 1.54) is 0 Å². The number of carbonyl (C=O) groups excluding carboxylic acids is 4. The van der Waals surface area contributed by atoms with Gasteiger partial charge in [-0.15, -0.1) is 0 Å². The van der Waals surface area contributed by atoms with Crippen LogP contribution in [0.5, 0.6) is 0 Å². The van der Waals surface area contributed by atoms with Crippen LogP contribution in [0.15, 0.2) is 0 Å². The van der Waals surface area contributed by atoms with E-state index in [1.807, 2.05) is 0 Å². The maximum absolute atomic E-state index is 12.5. The first kappa shape index (κ1) is 16.7. The normalized spacial score (nSPS) is 26.3. The molecule has 3 rings (SSSR count). The average Bonchev–Trinajstić information content (AvgIpc) is 2.85. The Morgan fingerprint density at radius 3 is 2.50 bits per heavy atom. The van der Waals surface area contributed by atoms with Gasteiger partial charge in [0.15, 0.2) is 0 Å². The van der Waals surface area contributed by atoms with Crippen LogP contribution in [0.25, 0.3) is 0 Å². The monoisotopic (exact) mass is 338 g/mol. The van der Waals surface area contributed by atoms with E-state index in [0.717, 1.165) is 0 Å². The number of hydrogen-bond donors (Lipinski definition) is 2. The number of nitrogens with zero attached hydrogens (tertiary/aromatic N) is 2. The molecule has 5 amide bonds. The summed E-state index contributed by atoms with van der Waals surface area (Å²) >= 11 is 0. The molecule has 0 radical (unpaired) electrons. The molecule has 0 bridgehead atoms. The lowest BCUT2D eigenvalue weighted by molar-refractivity contribution is -0.163. The highest BCUT2D eigenvalue weighted by atomic mass is 16.5. The molecule has 1 spiro atoms. The Balaban J connectivity index is 1.57. The summed E-state index contributed by atoms with van der Waals surface area (Å²) in [5.41, 5.74) is -0.416. The minimum absolute atomic E-state index is 0.0484. The molecular formula is C15H22N4O5. The van der Waals surface area contributed by atoms with Crippen LogP contribution in [-0.2, 0) is 19.1 Å².